The molecule has 17 heavy (non-hydrogen) atoms. The van der Waals surface area contributed by atoms with Gasteiger partial charge in [-0.1, -0.05) is 0 Å². The van der Waals surface area contributed by atoms with E-state index in [1.165, 1.54) is 0 Å². The van der Waals surface area contributed by atoms with Gasteiger partial charge in [0.25, 0.3) is 5.91 Å². The smallest absolute Gasteiger partial charge is 0.252 e. The average molecular weight is 431 g/mol. The third-order valence-electron chi connectivity index (χ3n) is 2.34. The Labute approximate surface area is 129 Å². The zero-order valence-electron chi connectivity index (χ0n) is 9.69. The molecule has 0 radical (unpaired) electrons. The first kappa shape index (κ1) is 15.2. The Bertz CT molecular complexity index is 423. The molecule has 0 fully saturated rings. The van der Waals surface area contributed by atoms with Gasteiger partial charge in [0.1, 0.15) is 0 Å². The number of benzene rings is 1. The van der Waals surface area contributed by atoms with E-state index in [1.54, 1.807) is 0 Å². The Morgan fingerprint density at radius 3 is 2.76 bits per heavy atom. The lowest BCUT2D eigenvalue weighted by Gasteiger charge is -2.25. The second-order valence-corrected chi connectivity index (χ2v) is 6.88. The van der Waals surface area contributed by atoms with E-state index >= 15 is 0 Å². The van der Waals surface area contributed by atoms with Gasteiger partial charge < -0.3 is 5.32 Å². The first-order valence-electron chi connectivity index (χ1n) is 5.19. The predicted molar refractivity (Wildman–Crippen MR) is 83.7 cm³/mol. The van der Waals surface area contributed by atoms with Crippen LogP contribution in [0.25, 0.3) is 0 Å². The zero-order valence-corrected chi connectivity index (χ0v) is 14.2. The maximum atomic E-state index is 12.1. The Balaban J connectivity index is 2.86. The molecule has 0 aliphatic rings. The van der Waals surface area contributed by atoms with Crippen LogP contribution in [0.1, 0.15) is 30.6 Å². The first-order chi connectivity index (χ1) is 7.85. The van der Waals surface area contributed by atoms with Crippen LogP contribution in [-0.4, -0.2) is 17.3 Å². The molecule has 0 saturated heterocycles. The van der Waals surface area contributed by atoms with Gasteiger partial charge >= 0.3 is 0 Å². The van der Waals surface area contributed by atoms with Crippen LogP contribution in [0.15, 0.2) is 22.7 Å². The molecule has 0 aromatic heterocycles. The van der Waals surface area contributed by atoms with Gasteiger partial charge in [-0.25, -0.2) is 0 Å². The maximum absolute atomic E-state index is 12.1. The molecule has 0 bridgehead atoms. The molecular weight excluding hydrogens is 416 g/mol. The molecule has 1 N–H and O–H groups in total. The molecule has 0 saturated carbocycles. The fourth-order valence-corrected chi connectivity index (χ4v) is 2.74. The molecule has 1 aromatic carbocycles. The van der Waals surface area contributed by atoms with E-state index in [0.717, 1.165) is 14.5 Å². The Kier molecular flexibility index (Phi) is 5.73. The van der Waals surface area contributed by atoms with Crippen molar-refractivity contribution in [1.29, 1.82) is 0 Å². The molecule has 1 aromatic rings. The largest absolute Gasteiger partial charge is 0.347 e. The summed E-state index contributed by atoms with van der Waals surface area (Å²) in [5, 5.41) is 2.98. The minimum absolute atomic E-state index is 0.0782. The predicted octanol–water partition coefficient (Wildman–Crippen LogP) is 4.19. The van der Waals surface area contributed by atoms with Crippen molar-refractivity contribution in [3.05, 3.63) is 31.8 Å². The minimum atomic E-state index is -0.292. The normalized spacial score (nSPS) is 11.4. The molecule has 2 nitrogen and oxygen atoms in total. The van der Waals surface area contributed by atoms with Crippen molar-refractivity contribution in [1.82, 2.24) is 5.32 Å². The molecule has 1 rings (SSSR count). The fraction of sp³-hybridized carbons (Fsp3) is 0.417. The van der Waals surface area contributed by atoms with E-state index in [9.17, 15) is 4.79 Å². The lowest BCUT2D eigenvalue weighted by molar-refractivity contribution is 0.0911. The minimum Gasteiger partial charge on any atom is -0.347 e. The van der Waals surface area contributed by atoms with Crippen LogP contribution in [0.5, 0.6) is 0 Å². The summed E-state index contributed by atoms with van der Waals surface area (Å²) >= 11 is 11.3. The number of carbonyl (C=O) groups excluding carboxylic acids is 1. The third-order valence-corrected chi connectivity index (χ3v) is 3.90. The lowest BCUT2D eigenvalue weighted by Crippen LogP contribution is -2.43. The van der Waals surface area contributed by atoms with E-state index in [4.69, 9.17) is 11.6 Å². The summed E-state index contributed by atoms with van der Waals surface area (Å²) in [6.07, 6.45) is 0.738. The second kappa shape index (κ2) is 6.38. The highest BCUT2D eigenvalue weighted by Gasteiger charge is 2.21. The van der Waals surface area contributed by atoms with Crippen molar-refractivity contribution >= 4 is 56.0 Å². The van der Waals surface area contributed by atoms with E-state index in [0.29, 0.717) is 11.4 Å². The Hall–Kier alpha value is 0.190. The van der Waals surface area contributed by atoms with Crippen molar-refractivity contribution in [3.63, 3.8) is 0 Å². The topological polar surface area (TPSA) is 29.1 Å². The van der Waals surface area contributed by atoms with Crippen molar-refractivity contribution in [3.8, 4) is 0 Å². The first-order valence-corrected chi connectivity index (χ1v) is 7.60. The SMILES string of the molecule is CC(C)(CCCl)NC(=O)c1cc(I)ccc1Br. The van der Waals surface area contributed by atoms with Crippen LogP contribution in [0.4, 0.5) is 0 Å². The van der Waals surface area contributed by atoms with Crippen molar-refractivity contribution in [2.75, 3.05) is 5.88 Å². The highest BCUT2D eigenvalue weighted by atomic mass is 127. The molecule has 0 unspecified atom stereocenters. The molecule has 5 heteroatoms. The summed E-state index contributed by atoms with van der Waals surface area (Å²) in [4.78, 5) is 12.1. The van der Waals surface area contributed by atoms with Gasteiger partial charge in [0, 0.05) is 19.5 Å². The molecular formula is C12H14BrClINO. The van der Waals surface area contributed by atoms with Crippen molar-refractivity contribution in [2.45, 2.75) is 25.8 Å². The Morgan fingerprint density at radius 2 is 2.18 bits per heavy atom. The monoisotopic (exact) mass is 429 g/mol. The number of nitrogens with one attached hydrogen (secondary N) is 1. The number of amides is 1. The van der Waals surface area contributed by atoms with Crippen LogP contribution in [-0.2, 0) is 0 Å². The van der Waals surface area contributed by atoms with Gasteiger partial charge in [-0.2, -0.15) is 0 Å². The maximum Gasteiger partial charge on any atom is 0.252 e. The van der Waals surface area contributed by atoms with Gasteiger partial charge in [0.2, 0.25) is 0 Å². The molecule has 0 aliphatic carbocycles. The number of halogens is 3. The number of hydrogen-bond donors (Lipinski definition) is 1. The summed E-state index contributed by atoms with van der Waals surface area (Å²) in [6.45, 7) is 3.93. The van der Waals surface area contributed by atoms with Gasteiger partial charge in [0.05, 0.1) is 5.56 Å². The third kappa shape index (κ3) is 4.75. The van der Waals surface area contributed by atoms with Gasteiger partial charge in [-0.3, -0.25) is 4.79 Å². The lowest BCUT2D eigenvalue weighted by atomic mass is 10.0. The molecule has 94 valence electrons. The van der Waals surface area contributed by atoms with Crippen LogP contribution in [0, 0.1) is 3.57 Å². The summed E-state index contributed by atoms with van der Waals surface area (Å²) < 4.78 is 1.84. The molecule has 0 aliphatic heterocycles. The second-order valence-electron chi connectivity index (χ2n) is 4.40. The van der Waals surface area contributed by atoms with Crippen LogP contribution >= 0.6 is 50.1 Å². The van der Waals surface area contributed by atoms with Gasteiger partial charge in [-0.05, 0) is 77.0 Å². The van der Waals surface area contributed by atoms with Gasteiger partial charge in [-0.15, -0.1) is 11.6 Å². The van der Waals surface area contributed by atoms with E-state index in [2.05, 4.69) is 43.8 Å². The van der Waals surface area contributed by atoms with Crippen LogP contribution in [0.3, 0.4) is 0 Å². The van der Waals surface area contributed by atoms with Crippen molar-refractivity contribution in [2.24, 2.45) is 0 Å². The summed E-state index contributed by atoms with van der Waals surface area (Å²) in [5.74, 6) is 0.450. The van der Waals surface area contributed by atoms with Crippen molar-refractivity contribution < 1.29 is 4.79 Å². The van der Waals surface area contributed by atoms with E-state index < -0.39 is 0 Å². The van der Waals surface area contributed by atoms with Gasteiger partial charge in [0.15, 0.2) is 0 Å². The zero-order chi connectivity index (χ0) is 13.1. The highest BCUT2D eigenvalue weighted by Crippen LogP contribution is 2.20. The summed E-state index contributed by atoms with van der Waals surface area (Å²) in [6, 6.07) is 5.69. The molecule has 1 amide bonds. The molecule has 0 atom stereocenters. The highest BCUT2D eigenvalue weighted by molar-refractivity contribution is 14.1. The molecule has 0 spiro atoms. The fourth-order valence-electron chi connectivity index (χ4n) is 1.34. The summed E-state index contributed by atoms with van der Waals surface area (Å²) in [7, 11) is 0. The quantitative estimate of drug-likeness (QED) is 0.563. The summed E-state index contributed by atoms with van der Waals surface area (Å²) in [5.41, 5.74) is 0.360. The van der Waals surface area contributed by atoms with Crippen LogP contribution in [0.2, 0.25) is 0 Å². The van der Waals surface area contributed by atoms with Crippen LogP contribution < -0.4 is 5.32 Å². The Morgan fingerprint density at radius 1 is 1.53 bits per heavy atom. The average Bonchev–Trinajstić information content (AvgIpc) is 2.20. The number of rotatable bonds is 4. The van der Waals surface area contributed by atoms with E-state index in [1.807, 2.05) is 32.0 Å². The number of carbonyl (C=O) groups is 1. The number of alkyl halides is 1. The number of hydrogen-bond acceptors (Lipinski definition) is 1. The van der Waals surface area contributed by atoms with E-state index in [-0.39, 0.29) is 11.4 Å². The standard InChI is InChI=1S/C12H14BrClINO/c1-12(2,5-6-14)16-11(17)9-7-8(15)3-4-10(9)13/h3-4,7H,5-6H2,1-2H3,(H,16,17). The molecule has 0 heterocycles.